The Labute approximate surface area is 104 Å². The molecule has 2 rings (SSSR count). The van der Waals surface area contributed by atoms with Crippen LogP contribution in [0.15, 0.2) is 6.33 Å². The maximum Gasteiger partial charge on any atom is 0.251 e. The maximum absolute atomic E-state index is 11.9. The minimum atomic E-state index is -0.444. The normalized spacial score (nSPS) is 20.1. The van der Waals surface area contributed by atoms with Crippen molar-refractivity contribution < 1.29 is 9.59 Å². The van der Waals surface area contributed by atoms with E-state index in [-0.39, 0.29) is 11.8 Å². The molecule has 0 radical (unpaired) electrons. The van der Waals surface area contributed by atoms with Crippen LogP contribution in [0.2, 0.25) is 0 Å². The van der Waals surface area contributed by atoms with E-state index in [1.807, 2.05) is 0 Å². The standard InChI is InChI=1S/C11H15N5O2/c1-6-9(12)13-5-14-10(6)15-7-3-4-8(17)16(2)11(7)18/h5,7H,3-4H2,1-2H3,(H3,12,13,14,15). The van der Waals surface area contributed by atoms with E-state index in [0.29, 0.717) is 30.0 Å². The molecule has 3 N–H and O–H groups in total. The molecule has 1 atom stereocenters. The second kappa shape index (κ2) is 4.59. The van der Waals surface area contributed by atoms with Crippen LogP contribution in [0.4, 0.5) is 11.6 Å². The highest BCUT2D eigenvalue weighted by atomic mass is 16.2. The van der Waals surface area contributed by atoms with Gasteiger partial charge in [0.25, 0.3) is 5.91 Å². The summed E-state index contributed by atoms with van der Waals surface area (Å²) in [5.41, 5.74) is 6.37. The zero-order chi connectivity index (χ0) is 13.3. The number of carbonyl (C=O) groups is 2. The second-order valence-electron chi connectivity index (χ2n) is 4.26. The number of nitrogens with one attached hydrogen (secondary N) is 1. The van der Waals surface area contributed by atoms with E-state index in [1.165, 1.54) is 13.4 Å². The third kappa shape index (κ3) is 2.11. The molecule has 7 heteroatoms. The van der Waals surface area contributed by atoms with Crippen molar-refractivity contribution in [3.63, 3.8) is 0 Å². The van der Waals surface area contributed by atoms with Crippen molar-refractivity contribution in [3.8, 4) is 0 Å². The lowest BCUT2D eigenvalue weighted by Gasteiger charge is -2.28. The molecule has 0 bridgehead atoms. The number of nitrogens with two attached hydrogens (primary N) is 1. The smallest absolute Gasteiger partial charge is 0.251 e. The van der Waals surface area contributed by atoms with Crippen molar-refractivity contribution in [2.75, 3.05) is 18.1 Å². The molecule has 1 unspecified atom stereocenters. The van der Waals surface area contributed by atoms with Gasteiger partial charge in [-0.1, -0.05) is 0 Å². The number of nitrogen functional groups attached to an aromatic ring is 1. The molecule has 2 heterocycles. The SMILES string of the molecule is Cc1c(N)ncnc1NC1CCC(=O)N(C)C1=O. The Morgan fingerprint density at radius 1 is 1.44 bits per heavy atom. The molecule has 1 saturated heterocycles. The Morgan fingerprint density at radius 3 is 2.89 bits per heavy atom. The predicted molar refractivity (Wildman–Crippen MR) is 65.6 cm³/mol. The van der Waals surface area contributed by atoms with Crippen LogP contribution in [0.5, 0.6) is 0 Å². The largest absolute Gasteiger partial charge is 0.383 e. The molecular formula is C11H15N5O2. The van der Waals surface area contributed by atoms with Gasteiger partial charge in [-0.15, -0.1) is 0 Å². The number of likely N-dealkylation sites (N-methyl/N-ethyl adjacent to an activating group) is 1. The van der Waals surface area contributed by atoms with E-state index >= 15 is 0 Å². The van der Waals surface area contributed by atoms with Crippen LogP contribution in [0.25, 0.3) is 0 Å². The van der Waals surface area contributed by atoms with E-state index in [0.717, 1.165) is 4.90 Å². The van der Waals surface area contributed by atoms with Crippen LogP contribution in [-0.4, -0.2) is 39.8 Å². The number of amides is 2. The molecule has 0 aliphatic carbocycles. The Morgan fingerprint density at radius 2 is 2.17 bits per heavy atom. The number of imide groups is 1. The van der Waals surface area contributed by atoms with Gasteiger partial charge in [-0.25, -0.2) is 9.97 Å². The van der Waals surface area contributed by atoms with Gasteiger partial charge in [-0.05, 0) is 13.3 Å². The van der Waals surface area contributed by atoms with Gasteiger partial charge in [-0.3, -0.25) is 14.5 Å². The quantitative estimate of drug-likeness (QED) is 0.711. The predicted octanol–water partition coefficient (Wildman–Crippen LogP) is -0.0735. The minimum absolute atomic E-state index is 0.156. The lowest BCUT2D eigenvalue weighted by Crippen LogP contribution is -2.48. The molecule has 18 heavy (non-hydrogen) atoms. The second-order valence-corrected chi connectivity index (χ2v) is 4.26. The average Bonchev–Trinajstić information content (AvgIpc) is 2.35. The van der Waals surface area contributed by atoms with Crippen LogP contribution in [0, 0.1) is 6.92 Å². The molecule has 96 valence electrons. The van der Waals surface area contributed by atoms with E-state index in [4.69, 9.17) is 5.73 Å². The molecule has 1 aliphatic heterocycles. The van der Waals surface area contributed by atoms with E-state index < -0.39 is 6.04 Å². The fraction of sp³-hybridized carbons (Fsp3) is 0.455. The summed E-state index contributed by atoms with van der Waals surface area (Å²) < 4.78 is 0. The summed E-state index contributed by atoms with van der Waals surface area (Å²) in [6, 6.07) is -0.444. The van der Waals surface area contributed by atoms with Gasteiger partial charge in [0.15, 0.2) is 0 Å². The molecule has 1 aliphatic rings. The number of rotatable bonds is 2. The maximum atomic E-state index is 11.9. The molecule has 0 saturated carbocycles. The third-order valence-corrected chi connectivity index (χ3v) is 3.08. The summed E-state index contributed by atoms with van der Waals surface area (Å²) in [6.45, 7) is 1.78. The van der Waals surface area contributed by atoms with Crippen LogP contribution in [0.3, 0.4) is 0 Å². The number of carbonyl (C=O) groups excluding carboxylic acids is 2. The molecule has 7 nitrogen and oxygen atoms in total. The van der Waals surface area contributed by atoms with Crippen molar-refractivity contribution in [2.45, 2.75) is 25.8 Å². The Bertz CT molecular complexity index is 502. The first kappa shape index (κ1) is 12.3. The van der Waals surface area contributed by atoms with Crippen LogP contribution in [0.1, 0.15) is 18.4 Å². The van der Waals surface area contributed by atoms with Crippen LogP contribution >= 0.6 is 0 Å². The molecule has 0 aromatic carbocycles. The van der Waals surface area contributed by atoms with E-state index in [1.54, 1.807) is 6.92 Å². The molecular weight excluding hydrogens is 234 g/mol. The highest BCUT2D eigenvalue weighted by molar-refractivity contribution is 6.01. The van der Waals surface area contributed by atoms with Gasteiger partial charge in [0, 0.05) is 19.0 Å². The Balaban J connectivity index is 2.17. The van der Waals surface area contributed by atoms with Crippen LogP contribution < -0.4 is 11.1 Å². The zero-order valence-electron chi connectivity index (χ0n) is 10.3. The number of likely N-dealkylation sites (tertiary alicyclic amines) is 1. The third-order valence-electron chi connectivity index (χ3n) is 3.08. The lowest BCUT2D eigenvalue weighted by molar-refractivity contribution is -0.146. The van der Waals surface area contributed by atoms with Crippen molar-refractivity contribution in [1.29, 1.82) is 0 Å². The first-order valence-electron chi connectivity index (χ1n) is 5.64. The first-order chi connectivity index (χ1) is 8.50. The summed E-state index contributed by atoms with van der Waals surface area (Å²) in [5.74, 6) is 0.503. The lowest BCUT2D eigenvalue weighted by atomic mass is 10.0. The molecule has 1 aromatic heterocycles. The molecule has 1 aromatic rings. The van der Waals surface area contributed by atoms with Crippen molar-refractivity contribution >= 4 is 23.5 Å². The van der Waals surface area contributed by atoms with Crippen molar-refractivity contribution in [1.82, 2.24) is 14.9 Å². The van der Waals surface area contributed by atoms with Gasteiger partial charge < -0.3 is 11.1 Å². The number of anilines is 2. The minimum Gasteiger partial charge on any atom is -0.383 e. The van der Waals surface area contributed by atoms with Gasteiger partial charge in [0.05, 0.1) is 0 Å². The highest BCUT2D eigenvalue weighted by Crippen LogP contribution is 2.20. The van der Waals surface area contributed by atoms with E-state index in [2.05, 4.69) is 15.3 Å². The number of piperidine rings is 1. The van der Waals surface area contributed by atoms with Gasteiger partial charge in [-0.2, -0.15) is 0 Å². The molecule has 1 fully saturated rings. The molecule has 0 spiro atoms. The number of aromatic nitrogens is 2. The first-order valence-corrected chi connectivity index (χ1v) is 5.64. The van der Waals surface area contributed by atoms with E-state index in [9.17, 15) is 9.59 Å². The summed E-state index contributed by atoms with van der Waals surface area (Å²) in [7, 11) is 1.49. The van der Waals surface area contributed by atoms with Crippen molar-refractivity contribution in [3.05, 3.63) is 11.9 Å². The fourth-order valence-corrected chi connectivity index (χ4v) is 1.82. The Kier molecular flexibility index (Phi) is 3.14. The number of hydrogen-bond donors (Lipinski definition) is 2. The summed E-state index contributed by atoms with van der Waals surface area (Å²) in [6.07, 6.45) is 2.15. The van der Waals surface area contributed by atoms with Gasteiger partial charge in [0.2, 0.25) is 5.91 Å². The average molecular weight is 249 g/mol. The molecule has 2 amide bonds. The summed E-state index contributed by atoms with van der Waals surface area (Å²) >= 11 is 0. The summed E-state index contributed by atoms with van der Waals surface area (Å²) in [5, 5.41) is 3.02. The topological polar surface area (TPSA) is 101 Å². The number of nitrogens with zero attached hydrogens (tertiary/aromatic N) is 3. The number of hydrogen-bond acceptors (Lipinski definition) is 6. The summed E-state index contributed by atoms with van der Waals surface area (Å²) in [4.78, 5) is 32.3. The van der Waals surface area contributed by atoms with Crippen LogP contribution in [-0.2, 0) is 9.59 Å². The van der Waals surface area contributed by atoms with Gasteiger partial charge in [0.1, 0.15) is 24.0 Å². The highest BCUT2D eigenvalue weighted by Gasteiger charge is 2.32. The zero-order valence-corrected chi connectivity index (χ0v) is 10.3. The monoisotopic (exact) mass is 249 g/mol. The Hall–Kier alpha value is -2.18. The van der Waals surface area contributed by atoms with Gasteiger partial charge >= 0.3 is 0 Å². The fourth-order valence-electron chi connectivity index (χ4n) is 1.82. The van der Waals surface area contributed by atoms with Crippen molar-refractivity contribution in [2.24, 2.45) is 0 Å².